The fraction of sp³-hybridized carbons (Fsp3) is 0.562. The molecule has 0 unspecified atom stereocenters. The normalized spacial score (nSPS) is 16.9. The molecular weight excluding hydrogens is 254 g/mol. The number of hydrogen-bond donors (Lipinski definition) is 0. The summed E-state index contributed by atoms with van der Waals surface area (Å²) in [6, 6.07) is 6.23. The Balaban J connectivity index is 1.76. The number of thiazole rings is 1. The molecule has 0 atom stereocenters. The summed E-state index contributed by atoms with van der Waals surface area (Å²) in [6.45, 7) is 2.74. The Morgan fingerprint density at radius 2 is 2.11 bits per heavy atom. The quantitative estimate of drug-likeness (QED) is 0.798. The van der Waals surface area contributed by atoms with Gasteiger partial charge in [0, 0.05) is 6.42 Å². The fourth-order valence-electron chi connectivity index (χ4n) is 2.93. The Kier molecular flexibility index (Phi) is 4.02. The van der Waals surface area contributed by atoms with Crippen LogP contribution in [0.4, 0.5) is 0 Å². The minimum Gasteiger partial charge on any atom is -0.494 e. The lowest BCUT2D eigenvalue weighted by Gasteiger charge is -2.20. The zero-order valence-electron chi connectivity index (χ0n) is 11.5. The van der Waals surface area contributed by atoms with Crippen LogP contribution in [0.1, 0.15) is 44.0 Å². The average molecular weight is 275 g/mol. The molecule has 0 bridgehead atoms. The zero-order valence-corrected chi connectivity index (χ0v) is 12.3. The van der Waals surface area contributed by atoms with Crippen LogP contribution in [-0.2, 0) is 6.42 Å². The molecule has 0 spiro atoms. The zero-order chi connectivity index (χ0) is 13.1. The Morgan fingerprint density at radius 1 is 1.26 bits per heavy atom. The number of benzene rings is 1. The minimum absolute atomic E-state index is 0.721. The molecule has 1 aliphatic carbocycles. The number of aromatic nitrogens is 1. The fourth-order valence-corrected chi connectivity index (χ4v) is 4.04. The molecule has 102 valence electrons. The molecule has 0 saturated heterocycles. The molecule has 1 aliphatic rings. The van der Waals surface area contributed by atoms with Crippen molar-refractivity contribution in [2.75, 3.05) is 6.61 Å². The first-order chi connectivity index (χ1) is 9.35. The van der Waals surface area contributed by atoms with Gasteiger partial charge in [-0.3, -0.25) is 0 Å². The van der Waals surface area contributed by atoms with E-state index in [9.17, 15) is 0 Å². The summed E-state index contributed by atoms with van der Waals surface area (Å²) in [6.07, 6.45) is 8.19. The predicted molar refractivity (Wildman–Crippen MR) is 81.1 cm³/mol. The van der Waals surface area contributed by atoms with E-state index in [1.54, 1.807) is 0 Å². The second kappa shape index (κ2) is 5.91. The Bertz CT molecular complexity index is 543. The third-order valence-corrected chi connectivity index (χ3v) is 4.94. The van der Waals surface area contributed by atoms with E-state index >= 15 is 0 Å². The smallest absolute Gasteiger partial charge is 0.120 e. The van der Waals surface area contributed by atoms with Crippen molar-refractivity contribution in [2.45, 2.75) is 45.4 Å². The van der Waals surface area contributed by atoms with Crippen LogP contribution in [-0.4, -0.2) is 11.6 Å². The van der Waals surface area contributed by atoms with Gasteiger partial charge in [-0.2, -0.15) is 0 Å². The second-order valence-corrected chi connectivity index (χ2v) is 6.49. The summed E-state index contributed by atoms with van der Waals surface area (Å²) in [4.78, 5) is 4.77. The van der Waals surface area contributed by atoms with Crippen LogP contribution in [0.3, 0.4) is 0 Å². The summed E-state index contributed by atoms with van der Waals surface area (Å²) >= 11 is 1.84. The van der Waals surface area contributed by atoms with Crippen molar-refractivity contribution >= 4 is 21.6 Å². The van der Waals surface area contributed by atoms with E-state index in [-0.39, 0.29) is 0 Å². The van der Waals surface area contributed by atoms with Gasteiger partial charge < -0.3 is 4.74 Å². The SMILES string of the molecule is CCOc1ccc2nc(CC3CCCCC3)sc2c1. The second-order valence-electron chi connectivity index (χ2n) is 5.38. The molecule has 19 heavy (non-hydrogen) atoms. The van der Waals surface area contributed by atoms with Gasteiger partial charge in [0.1, 0.15) is 5.75 Å². The van der Waals surface area contributed by atoms with Crippen LogP contribution in [0.15, 0.2) is 18.2 Å². The average Bonchev–Trinajstić information content (AvgIpc) is 2.82. The van der Waals surface area contributed by atoms with Crippen molar-refractivity contribution in [3.63, 3.8) is 0 Å². The van der Waals surface area contributed by atoms with Crippen molar-refractivity contribution in [1.82, 2.24) is 4.98 Å². The van der Waals surface area contributed by atoms with Gasteiger partial charge in [-0.1, -0.05) is 32.1 Å². The Morgan fingerprint density at radius 3 is 2.89 bits per heavy atom. The van der Waals surface area contributed by atoms with Gasteiger partial charge in [0.15, 0.2) is 0 Å². The van der Waals surface area contributed by atoms with Gasteiger partial charge in [0.2, 0.25) is 0 Å². The maximum Gasteiger partial charge on any atom is 0.120 e. The first kappa shape index (κ1) is 12.9. The van der Waals surface area contributed by atoms with E-state index < -0.39 is 0 Å². The Labute approximate surface area is 118 Å². The highest BCUT2D eigenvalue weighted by atomic mass is 32.1. The number of fused-ring (bicyclic) bond motifs is 1. The summed E-state index contributed by atoms with van der Waals surface area (Å²) in [5.41, 5.74) is 1.12. The lowest BCUT2D eigenvalue weighted by Crippen LogP contribution is -2.08. The van der Waals surface area contributed by atoms with Crippen LogP contribution >= 0.6 is 11.3 Å². The number of ether oxygens (including phenoxy) is 1. The Hall–Kier alpha value is -1.09. The van der Waals surface area contributed by atoms with Gasteiger partial charge in [-0.25, -0.2) is 4.98 Å². The van der Waals surface area contributed by atoms with Gasteiger partial charge in [0.05, 0.1) is 21.8 Å². The van der Waals surface area contributed by atoms with Crippen molar-refractivity contribution < 1.29 is 4.74 Å². The molecule has 2 aromatic rings. The highest BCUT2D eigenvalue weighted by molar-refractivity contribution is 7.18. The van der Waals surface area contributed by atoms with E-state index in [0.29, 0.717) is 0 Å². The van der Waals surface area contributed by atoms with Crippen LogP contribution in [0.5, 0.6) is 5.75 Å². The van der Waals surface area contributed by atoms with Crippen molar-refractivity contribution in [3.05, 3.63) is 23.2 Å². The summed E-state index contributed by atoms with van der Waals surface area (Å²) in [7, 11) is 0. The van der Waals surface area contributed by atoms with E-state index in [2.05, 4.69) is 12.1 Å². The van der Waals surface area contributed by atoms with Crippen LogP contribution < -0.4 is 4.74 Å². The number of nitrogens with zero attached hydrogens (tertiary/aromatic N) is 1. The first-order valence-corrected chi connectivity index (χ1v) is 8.19. The van der Waals surface area contributed by atoms with Crippen molar-refractivity contribution in [1.29, 1.82) is 0 Å². The molecular formula is C16H21NOS. The largest absolute Gasteiger partial charge is 0.494 e. The predicted octanol–water partition coefficient (Wildman–Crippen LogP) is 4.82. The van der Waals surface area contributed by atoms with Gasteiger partial charge >= 0.3 is 0 Å². The van der Waals surface area contributed by atoms with Crippen molar-refractivity contribution in [3.8, 4) is 5.75 Å². The van der Waals surface area contributed by atoms with E-state index in [1.807, 2.05) is 24.3 Å². The summed E-state index contributed by atoms with van der Waals surface area (Å²) in [5, 5.41) is 1.30. The standard InChI is InChI=1S/C16H21NOS/c1-2-18-13-8-9-14-15(11-13)19-16(17-14)10-12-6-4-3-5-7-12/h8-9,11-12H,2-7,10H2,1H3. The molecule has 0 aliphatic heterocycles. The van der Waals surface area contributed by atoms with Gasteiger partial charge in [0.25, 0.3) is 0 Å². The molecule has 1 heterocycles. The molecule has 0 N–H and O–H groups in total. The molecule has 1 fully saturated rings. The molecule has 3 heteroatoms. The summed E-state index contributed by atoms with van der Waals surface area (Å²) in [5.74, 6) is 1.82. The lowest BCUT2D eigenvalue weighted by atomic mass is 9.87. The van der Waals surface area contributed by atoms with Crippen LogP contribution in [0.2, 0.25) is 0 Å². The lowest BCUT2D eigenvalue weighted by molar-refractivity contribution is 0.341. The van der Waals surface area contributed by atoms with Crippen LogP contribution in [0.25, 0.3) is 10.2 Å². The van der Waals surface area contributed by atoms with E-state index in [4.69, 9.17) is 9.72 Å². The minimum atomic E-state index is 0.721. The monoisotopic (exact) mass is 275 g/mol. The number of hydrogen-bond acceptors (Lipinski definition) is 3. The van der Waals surface area contributed by atoms with Crippen molar-refractivity contribution in [2.24, 2.45) is 5.92 Å². The maximum absolute atomic E-state index is 5.55. The number of rotatable bonds is 4. The molecule has 1 aromatic carbocycles. The molecule has 0 radical (unpaired) electrons. The van der Waals surface area contributed by atoms with Crippen LogP contribution in [0, 0.1) is 5.92 Å². The molecule has 1 saturated carbocycles. The molecule has 0 amide bonds. The topological polar surface area (TPSA) is 22.1 Å². The third-order valence-electron chi connectivity index (χ3n) is 3.90. The van der Waals surface area contributed by atoms with Gasteiger partial charge in [-0.05, 0) is 31.0 Å². The molecule has 1 aromatic heterocycles. The van der Waals surface area contributed by atoms with Gasteiger partial charge in [-0.15, -0.1) is 11.3 Å². The molecule has 3 rings (SSSR count). The maximum atomic E-state index is 5.55. The summed E-state index contributed by atoms with van der Waals surface area (Å²) < 4.78 is 6.81. The highest BCUT2D eigenvalue weighted by Crippen LogP contribution is 2.31. The molecule has 2 nitrogen and oxygen atoms in total. The van der Waals surface area contributed by atoms with E-state index in [0.717, 1.165) is 23.8 Å². The third kappa shape index (κ3) is 3.08. The highest BCUT2D eigenvalue weighted by Gasteiger charge is 2.16. The van der Waals surface area contributed by atoms with E-state index in [1.165, 1.54) is 48.2 Å². The first-order valence-electron chi connectivity index (χ1n) is 7.37.